The highest BCUT2D eigenvalue weighted by atomic mass is 19.4. The maximum atomic E-state index is 14.0. The largest absolute Gasteiger partial charge is 0.493 e. The molecule has 7 heteroatoms. The van der Waals surface area contributed by atoms with E-state index in [-0.39, 0.29) is 12.4 Å². The first-order valence-corrected chi connectivity index (χ1v) is 9.25. The fourth-order valence-electron chi connectivity index (χ4n) is 2.60. The number of benzene rings is 3. The standard InChI is InChI=1S/C23H20F4O3/c24-21-12-11-17(13-22(21)30-20-9-5-2-6-10-20)14-28-15-18(23(25,26)27)16-29-19-7-3-1-4-8-19/h1-13,18H,14-16H2. The van der Waals surface area contributed by atoms with Crippen LogP contribution in [0, 0.1) is 11.7 Å². The molecule has 1 unspecified atom stereocenters. The second-order valence-corrected chi connectivity index (χ2v) is 6.56. The minimum Gasteiger partial charge on any atom is -0.493 e. The first kappa shape index (κ1) is 21.6. The molecule has 0 aromatic heterocycles. The lowest BCUT2D eigenvalue weighted by Crippen LogP contribution is -2.32. The Kier molecular flexibility index (Phi) is 7.30. The van der Waals surface area contributed by atoms with E-state index in [4.69, 9.17) is 14.2 Å². The Labute approximate surface area is 171 Å². The zero-order chi connectivity index (χ0) is 21.4. The molecule has 0 heterocycles. The molecule has 0 spiro atoms. The molecule has 3 aromatic carbocycles. The summed E-state index contributed by atoms with van der Waals surface area (Å²) in [5, 5.41) is 0. The van der Waals surface area contributed by atoms with E-state index in [0.29, 0.717) is 17.1 Å². The lowest BCUT2D eigenvalue weighted by atomic mass is 10.1. The zero-order valence-electron chi connectivity index (χ0n) is 15.9. The summed E-state index contributed by atoms with van der Waals surface area (Å²) in [7, 11) is 0. The van der Waals surface area contributed by atoms with Crippen LogP contribution in [-0.2, 0) is 11.3 Å². The highest BCUT2D eigenvalue weighted by molar-refractivity contribution is 5.35. The molecule has 0 aliphatic heterocycles. The molecule has 3 aromatic rings. The van der Waals surface area contributed by atoms with Gasteiger partial charge in [0.25, 0.3) is 0 Å². The van der Waals surface area contributed by atoms with Crippen molar-refractivity contribution < 1.29 is 31.8 Å². The normalized spacial score (nSPS) is 12.4. The van der Waals surface area contributed by atoms with Gasteiger partial charge in [-0.3, -0.25) is 0 Å². The third-order valence-corrected chi connectivity index (χ3v) is 4.21. The van der Waals surface area contributed by atoms with E-state index in [1.54, 1.807) is 60.7 Å². The van der Waals surface area contributed by atoms with Crippen LogP contribution < -0.4 is 9.47 Å². The summed E-state index contributed by atoms with van der Waals surface area (Å²) in [6, 6.07) is 20.9. The monoisotopic (exact) mass is 420 g/mol. The Morgan fingerprint density at radius 2 is 1.40 bits per heavy atom. The summed E-state index contributed by atoms with van der Waals surface area (Å²) in [6.45, 7) is -1.26. The molecule has 0 saturated heterocycles. The van der Waals surface area contributed by atoms with Gasteiger partial charge in [0.05, 0.1) is 13.2 Å². The van der Waals surface area contributed by atoms with E-state index in [0.717, 1.165) is 0 Å². The Morgan fingerprint density at radius 3 is 2.03 bits per heavy atom. The molecule has 158 valence electrons. The van der Waals surface area contributed by atoms with Gasteiger partial charge in [-0.1, -0.05) is 42.5 Å². The molecule has 0 aliphatic rings. The zero-order valence-corrected chi connectivity index (χ0v) is 15.9. The first-order valence-electron chi connectivity index (χ1n) is 9.25. The molecule has 0 fully saturated rings. The Bertz CT molecular complexity index is 915. The van der Waals surface area contributed by atoms with Crippen LogP contribution in [0.4, 0.5) is 17.6 Å². The van der Waals surface area contributed by atoms with Crippen molar-refractivity contribution >= 4 is 0 Å². The summed E-state index contributed by atoms with van der Waals surface area (Å²) >= 11 is 0. The van der Waals surface area contributed by atoms with E-state index in [1.165, 1.54) is 18.2 Å². The van der Waals surface area contributed by atoms with Crippen LogP contribution in [0.15, 0.2) is 78.9 Å². The van der Waals surface area contributed by atoms with Crippen molar-refractivity contribution in [1.82, 2.24) is 0 Å². The Hall–Kier alpha value is -3.06. The maximum absolute atomic E-state index is 14.0. The van der Waals surface area contributed by atoms with Gasteiger partial charge in [-0.25, -0.2) is 4.39 Å². The van der Waals surface area contributed by atoms with Gasteiger partial charge in [0.15, 0.2) is 11.6 Å². The molecule has 3 nitrogen and oxygen atoms in total. The second-order valence-electron chi connectivity index (χ2n) is 6.56. The summed E-state index contributed by atoms with van der Waals surface area (Å²) in [6.07, 6.45) is -4.47. The minimum absolute atomic E-state index is 0.0258. The molecular formula is C23H20F4O3. The van der Waals surface area contributed by atoms with Gasteiger partial charge in [-0.05, 0) is 42.0 Å². The average molecular weight is 420 g/mol. The van der Waals surface area contributed by atoms with Crippen molar-refractivity contribution in [2.45, 2.75) is 12.8 Å². The molecule has 0 amide bonds. The molecule has 0 aliphatic carbocycles. The third-order valence-electron chi connectivity index (χ3n) is 4.21. The van der Waals surface area contributed by atoms with Crippen LogP contribution >= 0.6 is 0 Å². The lowest BCUT2D eigenvalue weighted by Gasteiger charge is -2.20. The number of para-hydroxylation sites is 2. The van der Waals surface area contributed by atoms with Crippen molar-refractivity contribution in [2.75, 3.05) is 13.2 Å². The summed E-state index contributed by atoms with van der Waals surface area (Å²) in [5.74, 6) is -1.59. The maximum Gasteiger partial charge on any atom is 0.397 e. The van der Waals surface area contributed by atoms with Crippen molar-refractivity contribution in [1.29, 1.82) is 0 Å². The third kappa shape index (κ3) is 6.49. The minimum atomic E-state index is -4.47. The van der Waals surface area contributed by atoms with E-state index < -0.39 is 31.1 Å². The predicted molar refractivity (Wildman–Crippen MR) is 104 cm³/mol. The number of rotatable bonds is 9. The molecule has 0 N–H and O–H groups in total. The second kappa shape index (κ2) is 10.1. The number of alkyl halides is 3. The number of hydrogen-bond donors (Lipinski definition) is 0. The molecule has 3 rings (SSSR count). The number of hydrogen-bond acceptors (Lipinski definition) is 3. The fourth-order valence-corrected chi connectivity index (χ4v) is 2.60. The highest BCUT2D eigenvalue weighted by Crippen LogP contribution is 2.29. The van der Waals surface area contributed by atoms with E-state index in [9.17, 15) is 17.6 Å². The van der Waals surface area contributed by atoms with Crippen LogP contribution in [-0.4, -0.2) is 19.4 Å². The molecule has 0 bridgehead atoms. The van der Waals surface area contributed by atoms with Gasteiger partial charge in [0, 0.05) is 0 Å². The molecule has 1 atom stereocenters. The van der Waals surface area contributed by atoms with Crippen molar-refractivity contribution in [3.05, 3.63) is 90.2 Å². The van der Waals surface area contributed by atoms with E-state index in [2.05, 4.69) is 0 Å². The summed E-state index contributed by atoms with van der Waals surface area (Å²) in [5.41, 5.74) is 0.493. The van der Waals surface area contributed by atoms with Crippen LogP contribution in [0.1, 0.15) is 5.56 Å². The van der Waals surface area contributed by atoms with E-state index >= 15 is 0 Å². The number of ether oxygens (including phenoxy) is 3. The van der Waals surface area contributed by atoms with Crippen molar-refractivity contribution in [3.63, 3.8) is 0 Å². The topological polar surface area (TPSA) is 27.7 Å². The Morgan fingerprint density at radius 1 is 0.767 bits per heavy atom. The smallest absolute Gasteiger partial charge is 0.397 e. The van der Waals surface area contributed by atoms with Gasteiger partial charge in [-0.2, -0.15) is 13.2 Å². The molecular weight excluding hydrogens is 400 g/mol. The Balaban J connectivity index is 1.57. The molecule has 0 saturated carbocycles. The van der Waals surface area contributed by atoms with Gasteiger partial charge < -0.3 is 14.2 Å². The van der Waals surface area contributed by atoms with Crippen molar-refractivity contribution in [3.8, 4) is 17.2 Å². The van der Waals surface area contributed by atoms with Crippen molar-refractivity contribution in [2.24, 2.45) is 5.92 Å². The van der Waals surface area contributed by atoms with Gasteiger partial charge in [0.1, 0.15) is 24.0 Å². The lowest BCUT2D eigenvalue weighted by molar-refractivity contribution is -0.196. The van der Waals surface area contributed by atoms with Gasteiger partial charge in [0.2, 0.25) is 0 Å². The van der Waals surface area contributed by atoms with Crippen LogP contribution in [0.5, 0.6) is 17.2 Å². The fraction of sp³-hybridized carbons (Fsp3) is 0.217. The van der Waals surface area contributed by atoms with Crippen LogP contribution in [0.2, 0.25) is 0 Å². The summed E-state index contributed by atoms with van der Waals surface area (Å²) < 4.78 is 69.8. The SMILES string of the molecule is Fc1ccc(COCC(COc2ccccc2)C(F)(F)F)cc1Oc1ccccc1. The quantitative estimate of drug-likeness (QED) is 0.375. The highest BCUT2D eigenvalue weighted by Gasteiger charge is 2.40. The predicted octanol–water partition coefficient (Wildman–Crippen LogP) is 6.39. The van der Waals surface area contributed by atoms with Gasteiger partial charge in [-0.15, -0.1) is 0 Å². The van der Waals surface area contributed by atoms with Crippen LogP contribution in [0.3, 0.4) is 0 Å². The summed E-state index contributed by atoms with van der Waals surface area (Å²) in [4.78, 5) is 0. The average Bonchev–Trinajstić information content (AvgIpc) is 2.73. The van der Waals surface area contributed by atoms with Crippen LogP contribution in [0.25, 0.3) is 0 Å². The molecule has 30 heavy (non-hydrogen) atoms. The first-order chi connectivity index (χ1) is 14.4. The number of halogens is 4. The molecule has 0 radical (unpaired) electrons. The van der Waals surface area contributed by atoms with Gasteiger partial charge >= 0.3 is 6.18 Å². The van der Waals surface area contributed by atoms with E-state index in [1.807, 2.05) is 0 Å².